The summed E-state index contributed by atoms with van der Waals surface area (Å²) in [5, 5.41) is 19.2. The Morgan fingerprint density at radius 2 is 1.52 bits per heavy atom. The third kappa shape index (κ3) is 7.04. The number of ether oxygens (including phenoxy) is 1. The van der Waals surface area contributed by atoms with Crippen molar-refractivity contribution in [2.45, 2.75) is 33.6 Å². The summed E-state index contributed by atoms with van der Waals surface area (Å²) in [6.07, 6.45) is 2.94. The first-order chi connectivity index (χ1) is 15.1. The Kier molecular flexibility index (Phi) is 9.92. The van der Waals surface area contributed by atoms with Crippen molar-refractivity contribution in [2.24, 2.45) is 0 Å². The Balaban J connectivity index is 0.00000166. The predicted octanol–water partition coefficient (Wildman–Crippen LogP) is 6.70. The van der Waals surface area contributed by atoms with Crippen LogP contribution in [-0.4, -0.2) is 27.7 Å². The summed E-state index contributed by atoms with van der Waals surface area (Å²) < 4.78 is 5.59. The maximum atomic E-state index is 9.60. The molecule has 0 saturated heterocycles. The Hall–Kier alpha value is -2.98. The van der Waals surface area contributed by atoms with Crippen molar-refractivity contribution in [1.29, 1.82) is 0 Å². The van der Waals surface area contributed by atoms with E-state index in [-0.39, 0.29) is 11.5 Å². The Morgan fingerprint density at radius 3 is 2.06 bits per heavy atom. The van der Waals surface area contributed by atoms with Gasteiger partial charge in [0.15, 0.2) is 0 Å². The van der Waals surface area contributed by atoms with Crippen LogP contribution in [-0.2, 0) is 6.42 Å². The molecule has 3 aromatic rings. The molecule has 0 fully saturated rings. The van der Waals surface area contributed by atoms with Crippen molar-refractivity contribution in [3.8, 4) is 17.2 Å². The minimum absolute atomic E-state index is 0.144. The summed E-state index contributed by atoms with van der Waals surface area (Å²) in [5.41, 5.74) is 5.24. The first kappa shape index (κ1) is 24.3. The van der Waals surface area contributed by atoms with Crippen molar-refractivity contribution in [3.05, 3.63) is 83.7 Å². The fourth-order valence-electron chi connectivity index (χ4n) is 3.22. The molecule has 0 amide bonds. The van der Waals surface area contributed by atoms with Gasteiger partial charge >= 0.3 is 0 Å². The van der Waals surface area contributed by atoms with Crippen molar-refractivity contribution in [3.63, 3.8) is 0 Å². The molecule has 0 aliphatic carbocycles. The van der Waals surface area contributed by atoms with Crippen LogP contribution in [0.3, 0.4) is 0 Å². The molecule has 0 bridgehead atoms. The normalized spacial score (nSPS) is 11.2. The van der Waals surface area contributed by atoms with E-state index in [9.17, 15) is 10.2 Å². The molecule has 0 saturated carbocycles. The van der Waals surface area contributed by atoms with Crippen LogP contribution in [0.2, 0.25) is 0 Å². The van der Waals surface area contributed by atoms with Crippen molar-refractivity contribution < 1.29 is 14.9 Å². The van der Waals surface area contributed by atoms with Gasteiger partial charge in [0.05, 0.1) is 17.8 Å². The van der Waals surface area contributed by atoms with Gasteiger partial charge in [-0.2, -0.15) is 0 Å². The van der Waals surface area contributed by atoms with E-state index >= 15 is 0 Å². The van der Waals surface area contributed by atoms with Crippen LogP contribution in [0.5, 0.6) is 17.2 Å². The molecule has 1 heterocycles. The molecule has 0 radical (unpaired) electrons. The number of benzene rings is 2. The zero-order valence-corrected chi connectivity index (χ0v) is 19.1. The SMILES string of the molecule is CC.CC/C(=C(\Cc1ccc(O)cc1)c1ccc(OCCCl)cc1)c1ccc(O)cn1. The van der Waals surface area contributed by atoms with Crippen LogP contribution in [0.25, 0.3) is 11.1 Å². The number of rotatable bonds is 8. The van der Waals surface area contributed by atoms with Gasteiger partial charge in [0.2, 0.25) is 0 Å². The van der Waals surface area contributed by atoms with Crippen LogP contribution in [0, 0.1) is 0 Å². The number of allylic oxidation sites excluding steroid dienone is 2. The highest BCUT2D eigenvalue weighted by atomic mass is 35.5. The van der Waals surface area contributed by atoms with Gasteiger partial charge in [0.25, 0.3) is 0 Å². The van der Waals surface area contributed by atoms with Crippen LogP contribution in [0.1, 0.15) is 44.0 Å². The average Bonchev–Trinajstić information content (AvgIpc) is 2.81. The van der Waals surface area contributed by atoms with E-state index < -0.39 is 0 Å². The highest BCUT2D eigenvalue weighted by molar-refractivity contribution is 6.18. The molecular formula is C26H30ClNO3. The lowest BCUT2D eigenvalue weighted by Gasteiger charge is -2.16. The minimum atomic E-state index is 0.144. The van der Waals surface area contributed by atoms with Crippen molar-refractivity contribution >= 4 is 22.7 Å². The molecule has 4 nitrogen and oxygen atoms in total. The lowest BCUT2D eigenvalue weighted by atomic mass is 9.90. The van der Waals surface area contributed by atoms with Gasteiger partial charge < -0.3 is 14.9 Å². The minimum Gasteiger partial charge on any atom is -0.508 e. The number of hydrogen-bond acceptors (Lipinski definition) is 4. The number of aromatic nitrogens is 1. The van der Waals surface area contributed by atoms with E-state index in [2.05, 4.69) is 11.9 Å². The Labute approximate surface area is 189 Å². The number of alkyl halides is 1. The maximum absolute atomic E-state index is 9.60. The largest absolute Gasteiger partial charge is 0.508 e. The number of phenolic OH excluding ortho intramolecular Hbond substituents is 1. The van der Waals surface area contributed by atoms with Crippen LogP contribution >= 0.6 is 11.6 Å². The highest BCUT2D eigenvalue weighted by Gasteiger charge is 2.13. The zero-order valence-electron chi connectivity index (χ0n) is 18.3. The molecule has 2 N–H and O–H groups in total. The molecule has 2 aromatic carbocycles. The fraction of sp³-hybridized carbons (Fsp3) is 0.269. The second kappa shape index (κ2) is 12.7. The smallest absolute Gasteiger partial charge is 0.133 e. The van der Waals surface area contributed by atoms with E-state index in [4.69, 9.17) is 16.3 Å². The van der Waals surface area contributed by atoms with Crippen LogP contribution < -0.4 is 4.74 Å². The Bertz CT molecular complexity index is 949. The molecule has 5 heteroatoms. The first-order valence-electron chi connectivity index (χ1n) is 10.5. The van der Waals surface area contributed by atoms with Crippen molar-refractivity contribution in [1.82, 2.24) is 4.98 Å². The summed E-state index contributed by atoms with van der Waals surface area (Å²) in [6, 6.07) is 18.7. The first-order valence-corrected chi connectivity index (χ1v) is 11.1. The quantitative estimate of drug-likeness (QED) is 0.383. The molecule has 3 rings (SSSR count). The number of aromatic hydroxyl groups is 2. The number of phenols is 1. The summed E-state index contributed by atoms with van der Waals surface area (Å²) in [4.78, 5) is 4.42. The average molecular weight is 440 g/mol. The molecule has 1 aromatic heterocycles. The lowest BCUT2D eigenvalue weighted by molar-refractivity contribution is 0.343. The number of pyridine rings is 1. The van der Waals surface area contributed by atoms with E-state index in [0.29, 0.717) is 18.9 Å². The highest BCUT2D eigenvalue weighted by Crippen LogP contribution is 2.32. The molecule has 0 aliphatic rings. The van der Waals surface area contributed by atoms with E-state index in [1.165, 1.54) is 6.20 Å². The molecule has 0 spiro atoms. The summed E-state index contributed by atoms with van der Waals surface area (Å²) in [5.74, 6) is 1.61. The molecule has 0 unspecified atom stereocenters. The number of nitrogens with zero attached hydrogens (tertiary/aromatic N) is 1. The standard InChI is InChI=1S/C24H24ClNO3.C2H6/c1-2-22(24-12-9-20(28)16-26-24)23(15-17-3-7-19(27)8-4-17)18-5-10-21(11-6-18)29-14-13-25;1-2/h3-12,16,27-28H,2,13-15H2,1H3;1-2H3/b23-22-;. The zero-order chi connectivity index (χ0) is 22.6. The monoisotopic (exact) mass is 439 g/mol. The van der Waals surface area contributed by atoms with Gasteiger partial charge in [-0.1, -0.05) is 45.0 Å². The summed E-state index contributed by atoms with van der Waals surface area (Å²) >= 11 is 5.70. The van der Waals surface area contributed by atoms with Gasteiger partial charge in [0, 0.05) is 0 Å². The molecule has 0 aliphatic heterocycles. The topological polar surface area (TPSA) is 62.6 Å². The van der Waals surface area contributed by atoms with E-state index in [0.717, 1.165) is 40.1 Å². The fourth-order valence-corrected chi connectivity index (χ4v) is 3.30. The Morgan fingerprint density at radius 1 is 0.871 bits per heavy atom. The van der Waals surface area contributed by atoms with Gasteiger partial charge in [-0.3, -0.25) is 4.98 Å². The van der Waals surface area contributed by atoms with Gasteiger partial charge in [-0.25, -0.2) is 0 Å². The van der Waals surface area contributed by atoms with Gasteiger partial charge in [0.1, 0.15) is 23.9 Å². The number of hydrogen-bond donors (Lipinski definition) is 2. The maximum Gasteiger partial charge on any atom is 0.133 e. The van der Waals surface area contributed by atoms with Gasteiger partial charge in [-0.05, 0) is 71.5 Å². The third-order valence-corrected chi connectivity index (χ3v) is 4.80. The van der Waals surface area contributed by atoms with Crippen LogP contribution in [0.4, 0.5) is 0 Å². The lowest BCUT2D eigenvalue weighted by Crippen LogP contribution is -2.00. The third-order valence-electron chi connectivity index (χ3n) is 4.64. The summed E-state index contributed by atoms with van der Waals surface area (Å²) in [7, 11) is 0. The summed E-state index contributed by atoms with van der Waals surface area (Å²) in [6.45, 7) is 6.56. The molecule has 31 heavy (non-hydrogen) atoms. The molecular weight excluding hydrogens is 410 g/mol. The molecule has 164 valence electrons. The predicted molar refractivity (Wildman–Crippen MR) is 129 cm³/mol. The van der Waals surface area contributed by atoms with Crippen molar-refractivity contribution in [2.75, 3.05) is 12.5 Å². The number of halogens is 1. The van der Waals surface area contributed by atoms with Crippen LogP contribution in [0.15, 0.2) is 66.9 Å². The van der Waals surface area contributed by atoms with E-state index in [1.54, 1.807) is 18.2 Å². The van der Waals surface area contributed by atoms with E-state index in [1.807, 2.05) is 56.3 Å². The molecule has 0 atom stereocenters. The second-order valence-electron chi connectivity index (χ2n) is 6.62. The second-order valence-corrected chi connectivity index (χ2v) is 7.00. The van der Waals surface area contributed by atoms with Gasteiger partial charge in [-0.15, -0.1) is 11.6 Å².